The van der Waals surface area contributed by atoms with E-state index >= 15 is 0 Å². The number of carboxylic acids is 1. The molecule has 0 radical (unpaired) electrons. The van der Waals surface area contributed by atoms with E-state index in [0.29, 0.717) is 36.1 Å². The monoisotopic (exact) mass is 277 g/mol. The zero-order valence-electron chi connectivity index (χ0n) is 10.9. The summed E-state index contributed by atoms with van der Waals surface area (Å²) in [6.07, 6.45) is 2.12. The van der Waals surface area contributed by atoms with Crippen molar-refractivity contribution < 1.29 is 18.7 Å². The SMILES string of the molecule is CC1CCc2nc3cc(F)cc(F)c3c(C(=O)O)c2C1. The minimum atomic E-state index is -1.19. The van der Waals surface area contributed by atoms with Crippen LogP contribution in [0.25, 0.3) is 10.9 Å². The Morgan fingerprint density at radius 1 is 1.40 bits per heavy atom. The molecule has 3 nitrogen and oxygen atoms in total. The van der Waals surface area contributed by atoms with Crippen molar-refractivity contribution in [1.82, 2.24) is 4.98 Å². The molecule has 1 aromatic carbocycles. The summed E-state index contributed by atoms with van der Waals surface area (Å²) in [5.41, 5.74) is 1.26. The van der Waals surface area contributed by atoms with Crippen molar-refractivity contribution in [2.24, 2.45) is 5.92 Å². The van der Waals surface area contributed by atoms with Crippen LogP contribution in [0.1, 0.15) is 35.0 Å². The molecule has 1 heterocycles. The predicted octanol–water partition coefficient (Wildman–Crippen LogP) is 3.34. The number of halogens is 2. The molecule has 20 heavy (non-hydrogen) atoms. The van der Waals surface area contributed by atoms with Gasteiger partial charge in [-0.25, -0.2) is 13.6 Å². The summed E-state index contributed by atoms with van der Waals surface area (Å²) < 4.78 is 27.3. The molecule has 1 unspecified atom stereocenters. The van der Waals surface area contributed by atoms with Crippen molar-refractivity contribution in [3.05, 3.63) is 40.6 Å². The van der Waals surface area contributed by atoms with Crippen LogP contribution < -0.4 is 0 Å². The molecule has 1 aliphatic carbocycles. The number of nitrogens with zero attached hydrogens (tertiary/aromatic N) is 1. The molecule has 1 atom stereocenters. The summed E-state index contributed by atoms with van der Waals surface area (Å²) in [6.45, 7) is 2.03. The smallest absolute Gasteiger partial charge is 0.336 e. The van der Waals surface area contributed by atoms with Crippen LogP contribution in [0.15, 0.2) is 12.1 Å². The van der Waals surface area contributed by atoms with Gasteiger partial charge >= 0.3 is 5.97 Å². The molecule has 104 valence electrons. The summed E-state index contributed by atoms with van der Waals surface area (Å²) in [6, 6.07) is 1.79. The van der Waals surface area contributed by atoms with E-state index in [9.17, 15) is 18.7 Å². The number of fused-ring (bicyclic) bond motifs is 2. The molecule has 0 saturated carbocycles. The average Bonchev–Trinajstić information content (AvgIpc) is 2.36. The highest BCUT2D eigenvalue weighted by atomic mass is 19.1. The molecule has 3 rings (SSSR count). The van der Waals surface area contributed by atoms with Crippen LogP contribution >= 0.6 is 0 Å². The van der Waals surface area contributed by atoms with Gasteiger partial charge in [-0.1, -0.05) is 6.92 Å². The van der Waals surface area contributed by atoms with Crippen LogP contribution in [0.3, 0.4) is 0 Å². The van der Waals surface area contributed by atoms with Gasteiger partial charge in [-0.3, -0.25) is 4.98 Å². The minimum Gasteiger partial charge on any atom is -0.478 e. The van der Waals surface area contributed by atoms with Gasteiger partial charge in [0, 0.05) is 17.8 Å². The van der Waals surface area contributed by atoms with Gasteiger partial charge < -0.3 is 5.11 Å². The molecule has 0 fully saturated rings. The van der Waals surface area contributed by atoms with Crippen molar-refractivity contribution in [2.45, 2.75) is 26.2 Å². The molecule has 2 aromatic rings. The lowest BCUT2D eigenvalue weighted by molar-refractivity contribution is 0.0696. The van der Waals surface area contributed by atoms with Crippen LogP contribution in [0, 0.1) is 17.6 Å². The molecule has 0 aliphatic heterocycles. The average molecular weight is 277 g/mol. The lowest BCUT2D eigenvalue weighted by Gasteiger charge is -2.23. The van der Waals surface area contributed by atoms with Crippen LogP contribution in [-0.2, 0) is 12.8 Å². The summed E-state index contributed by atoms with van der Waals surface area (Å²) in [5, 5.41) is 9.34. The van der Waals surface area contributed by atoms with Crippen LogP contribution in [0.2, 0.25) is 0 Å². The first-order chi connectivity index (χ1) is 9.47. The molecule has 0 spiro atoms. The van der Waals surface area contributed by atoms with E-state index in [2.05, 4.69) is 4.98 Å². The Morgan fingerprint density at radius 3 is 2.85 bits per heavy atom. The topological polar surface area (TPSA) is 50.2 Å². The zero-order valence-corrected chi connectivity index (χ0v) is 10.9. The summed E-state index contributed by atoms with van der Waals surface area (Å²) in [7, 11) is 0. The number of pyridine rings is 1. The van der Waals surface area contributed by atoms with Crippen molar-refractivity contribution in [3.8, 4) is 0 Å². The summed E-state index contributed by atoms with van der Waals surface area (Å²) >= 11 is 0. The fraction of sp³-hybridized carbons (Fsp3) is 0.333. The lowest BCUT2D eigenvalue weighted by atomic mass is 9.84. The Kier molecular flexibility index (Phi) is 2.92. The van der Waals surface area contributed by atoms with Crippen molar-refractivity contribution in [2.75, 3.05) is 0 Å². The second kappa shape index (κ2) is 4.51. The lowest BCUT2D eigenvalue weighted by Crippen LogP contribution is -2.18. The Bertz CT molecular complexity index is 728. The molecule has 1 N–H and O–H groups in total. The first kappa shape index (κ1) is 13.0. The van der Waals surface area contributed by atoms with E-state index in [1.165, 1.54) is 0 Å². The number of aryl methyl sites for hydroxylation is 1. The number of hydrogen-bond acceptors (Lipinski definition) is 2. The maximum Gasteiger partial charge on any atom is 0.336 e. The third-order valence-electron chi connectivity index (χ3n) is 3.83. The minimum absolute atomic E-state index is 0.0611. The Balaban J connectivity index is 2.42. The molecule has 5 heteroatoms. The van der Waals surface area contributed by atoms with E-state index in [0.717, 1.165) is 12.5 Å². The standard InChI is InChI=1S/C15H13F2NO2/c1-7-2-3-11-9(4-7)13(15(19)20)14-10(17)5-8(16)6-12(14)18-11/h5-7H,2-4H2,1H3,(H,19,20). The van der Waals surface area contributed by atoms with Gasteiger partial charge in [0.25, 0.3) is 0 Å². The van der Waals surface area contributed by atoms with Gasteiger partial charge in [0.2, 0.25) is 0 Å². The predicted molar refractivity (Wildman–Crippen MR) is 69.8 cm³/mol. The van der Waals surface area contributed by atoms with Crippen molar-refractivity contribution in [1.29, 1.82) is 0 Å². The quantitative estimate of drug-likeness (QED) is 0.869. The van der Waals surface area contributed by atoms with Gasteiger partial charge in [0.1, 0.15) is 11.6 Å². The highest BCUT2D eigenvalue weighted by molar-refractivity contribution is 6.04. The van der Waals surface area contributed by atoms with E-state index in [-0.39, 0.29) is 16.5 Å². The van der Waals surface area contributed by atoms with Crippen LogP contribution in [0.5, 0.6) is 0 Å². The number of rotatable bonds is 1. The molecular weight excluding hydrogens is 264 g/mol. The zero-order chi connectivity index (χ0) is 14.4. The van der Waals surface area contributed by atoms with Gasteiger partial charge in [-0.2, -0.15) is 0 Å². The van der Waals surface area contributed by atoms with Crippen molar-refractivity contribution in [3.63, 3.8) is 0 Å². The molecule has 0 saturated heterocycles. The van der Waals surface area contributed by atoms with Crippen LogP contribution in [-0.4, -0.2) is 16.1 Å². The fourth-order valence-corrected chi connectivity index (χ4v) is 2.90. The molecule has 0 bridgehead atoms. The van der Waals surface area contributed by atoms with Crippen LogP contribution in [0.4, 0.5) is 8.78 Å². The molecule has 0 amide bonds. The van der Waals surface area contributed by atoms with Gasteiger partial charge in [-0.05, 0) is 30.7 Å². The van der Waals surface area contributed by atoms with Gasteiger partial charge in [0.05, 0.1) is 16.5 Å². The second-order valence-corrected chi connectivity index (χ2v) is 5.35. The Labute approximate surface area is 114 Å². The van der Waals surface area contributed by atoms with Gasteiger partial charge in [-0.15, -0.1) is 0 Å². The number of aromatic nitrogens is 1. The fourth-order valence-electron chi connectivity index (χ4n) is 2.90. The van der Waals surface area contributed by atoms with E-state index < -0.39 is 17.6 Å². The maximum absolute atomic E-state index is 14.0. The number of carbonyl (C=O) groups is 1. The number of aromatic carboxylic acids is 1. The van der Waals surface area contributed by atoms with E-state index in [1.807, 2.05) is 6.92 Å². The highest BCUT2D eigenvalue weighted by Gasteiger charge is 2.26. The highest BCUT2D eigenvalue weighted by Crippen LogP contribution is 2.33. The van der Waals surface area contributed by atoms with E-state index in [1.54, 1.807) is 0 Å². The third-order valence-corrected chi connectivity index (χ3v) is 3.83. The first-order valence-electron chi connectivity index (χ1n) is 6.51. The van der Waals surface area contributed by atoms with Crippen molar-refractivity contribution >= 4 is 16.9 Å². The largest absolute Gasteiger partial charge is 0.478 e. The second-order valence-electron chi connectivity index (χ2n) is 5.35. The van der Waals surface area contributed by atoms with E-state index in [4.69, 9.17) is 0 Å². The Hall–Kier alpha value is -2.04. The summed E-state index contributed by atoms with van der Waals surface area (Å²) in [4.78, 5) is 15.8. The summed E-state index contributed by atoms with van der Waals surface area (Å²) in [5.74, 6) is -2.47. The maximum atomic E-state index is 14.0. The molecule has 1 aliphatic rings. The number of carboxylic acid groups (broad SMARTS) is 1. The number of hydrogen-bond donors (Lipinski definition) is 1. The first-order valence-corrected chi connectivity index (χ1v) is 6.51. The molecule has 1 aromatic heterocycles. The van der Waals surface area contributed by atoms with Gasteiger partial charge in [0.15, 0.2) is 0 Å². The third kappa shape index (κ3) is 1.94. The Morgan fingerprint density at radius 2 is 2.15 bits per heavy atom. The number of benzene rings is 1. The molecular formula is C15H13F2NO2. The normalized spacial score (nSPS) is 18.1.